The van der Waals surface area contributed by atoms with Crippen LogP contribution in [-0.4, -0.2) is 53.1 Å². The Morgan fingerprint density at radius 1 is 0.439 bits per heavy atom. The summed E-state index contributed by atoms with van der Waals surface area (Å²) >= 11 is 3.92. The number of rotatable bonds is 30. The van der Waals surface area contributed by atoms with E-state index in [1.165, 1.54) is 99.7 Å². The van der Waals surface area contributed by atoms with Gasteiger partial charge in [0.1, 0.15) is 5.75 Å². The molecule has 2 unspecified atom stereocenters. The number of hydrogen-bond acceptors (Lipinski definition) is 5. The van der Waals surface area contributed by atoms with Crippen molar-refractivity contribution in [2.24, 2.45) is 11.8 Å². The number of hydrogen-bond donors (Lipinski definition) is 0. The molecule has 0 fully saturated rings. The highest BCUT2D eigenvalue weighted by molar-refractivity contribution is 9.10. The van der Waals surface area contributed by atoms with Crippen LogP contribution in [0.15, 0.2) is 40.9 Å². The first-order valence-corrected chi connectivity index (χ1v) is 27.3. The fraction of sp³-hybridized carbons (Fsp3) is 0.586. The van der Waals surface area contributed by atoms with Crippen molar-refractivity contribution in [3.05, 3.63) is 63.1 Å². The number of benzene rings is 5. The zero-order chi connectivity index (χ0) is 46.7. The van der Waals surface area contributed by atoms with Crippen LogP contribution in [0.1, 0.15) is 230 Å². The van der Waals surface area contributed by atoms with Crippen molar-refractivity contribution >= 4 is 82.6 Å². The van der Waals surface area contributed by atoms with E-state index in [2.05, 4.69) is 50.5 Å². The van der Waals surface area contributed by atoms with E-state index < -0.39 is 0 Å². The molecule has 2 heterocycles. The first-order valence-electron chi connectivity index (χ1n) is 26.5. The molecule has 0 aromatic heterocycles. The molecule has 0 radical (unpaired) electrons. The number of nitrogens with zero attached hydrogens (tertiary/aromatic N) is 2. The Morgan fingerprint density at radius 2 is 0.833 bits per heavy atom. The molecule has 0 N–H and O–H groups in total. The summed E-state index contributed by atoms with van der Waals surface area (Å²) in [4.78, 5) is 61.1. The number of carbonyl (C=O) groups excluding carboxylic acids is 4. The Morgan fingerprint density at radius 3 is 1.29 bits per heavy atom. The molecule has 5 aromatic carbocycles. The number of carbonyl (C=O) groups is 4. The molecule has 0 bridgehead atoms. The Balaban J connectivity index is 1.18. The van der Waals surface area contributed by atoms with Crippen molar-refractivity contribution < 1.29 is 23.9 Å². The van der Waals surface area contributed by atoms with Gasteiger partial charge in [0.2, 0.25) is 0 Å². The van der Waals surface area contributed by atoms with Gasteiger partial charge in [-0.3, -0.25) is 29.0 Å². The van der Waals surface area contributed by atoms with E-state index in [4.69, 9.17) is 4.74 Å². The second kappa shape index (κ2) is 23.8. The molecule has 356 valence electrons. The monoisotopic (exact) mass is 961 g/mol. The molecule has 0 saturated carbocycles. The van der Waals surface area contributed by atoms with Gasteiger partial charge in [-0.1, -0.05) is 198 Å². The normalized spacial score (nSPS) is 14.9. The molecule has 7 nitrogen and oxygen atoms in total. The molecular weight excluding hydrogens is 885 g/mol. The lowest BCUT2D eigenvalue weighted by atomic mass is 9.81. The minimum absolute atomic E-state index is 0.228. The van der Waals surface area contributed by atoms with Crippen molar-refractivity contribution in [1.82, 2.24) is 9.80 Å². The van der Waals surface area contributed by atoms with Crippen molar-refractivity contribution in [1.29, 1.82) is 0 Å². The predicted octanol–water partition coefficient (Wildman–Crippen LogP) is 16.8. The smallest absolute Gasteiger partial charge is 0.261 e. The summed E-state index contributed by atoms with van der Waals surface area (Å²) in [5, 5.41) is 6.36. The van der Waals surface area contributed by atoms with Crippen LogP contribution >= 0.6 is 15.9 Å². The van der Waals surface area contributed by atoms with Crippen LogP contribution < -0.4 is 4.74 Å². The van der Waals surface area contributed by atoms with E-state index in [0.717, 1.165) is 101 Å². The largest absolute Gasteiger partial charge is 0.493 e. The number of unbranched alkanes of at least 4 members (excludes halogenated alkanes) is 17. The maximum absolute atomic E-state index is 14.7. The molecule has 2 aliphatic rings. The van der Waals surface area contributed by atoms with Gasteiger partial charge in [0.25, 0.3) is 23.6 Å². The molecule has 0 spiro atoms. The molecule has 0 saturated heterocycles. The van der Waals surface area contributed by atoms with Gasteiger partial charge in [-0.25, -0.2) is 0 Å². The van der Waals surface area contributed by atoms with Gasteiger partial charge in [-0.15, -0.1) is 0 Å². The van der Waals surface area contributed by atoms with Gasteiger partial charge >= 0.3 is 0 Å². The topological polar surface area (TPSA) is 84.0 Å². The van der Waals surface area contributed by atoms with Crippen LogP contribution in [0.3, 0.4) is 0 Å². The van der Waals surface area contributed by atoms with E-state index >= 15 is 0 Å². The molecule has 0 aliphatic carbocycles. The van der Waals surface area contributed by atoms with E-state index in [-0.39, 0.29) is 35.5 Å². The third kappa shape index (κ3) is 10.5. The van der Waals surface area contributed by atoms with Crippen LogP contribution in [0.2, 0.25) is 0 Å². The van der Waals surface area contributed by atoms with E-state index in [9.17, 15) is 19.2 Å². The Hall–Kier alpha value is -4.04. The second-order valence-electron chi connectivity index (χ2n) is 19.8. The first kappa shape index (κ1) is 49.9. The van der Waals surface area contributed by atoms with Gasteiger partial charge < -0.3 is 4.74 Å². The summed E-state index contributed by atoms with van der Waals surface area (Å²) in [5.41, 5.74) is 2.07. The number of fused-ring (bicyclic) bond motifs is 2. The first-order chi connectivity index (χ1) is 32.2. The number of imide groups is 2. The summed E-state index contributed by atoms with van der Waals surface area (Å²) < 4.78 is 7.57. The summed E-state index contributed by atoms with van der Waals surface area (Å²) in [7, 11) is 0. The van der Waals surface area contributed by atoms with Crippen molar-refractivity contribution in [2.75, 3.05) is 19.7 Å². The third-order valence-corrected chi connectivity index (χ3v) is 15.8. The highest BCUT2D eigenvalue weighted by Crippen LogP contribution is 2.51. The van der Waals surface area contributed by atoms with Crippen LogP contribution in [0.4, 0.5) is 0 Å². The van der Waals surface area contributed by atoms with Crippen LogP contribution in [-0.2, 0) is 0 Å². The van der Waals surface area contributed by atoms with Crippen LogP contribution in [0, 0.1) is 11.8 Å². The van der Waals surface area contributed by atoms with Gasteiger partial charge in [0.05, 0.1) is 12.2 Å². The van der Waals surface area contributed by atoms with Crippen molar-refractivity contribution in [2.45, 2.75) is 189 Å². The highest BCUT2D eigenvalue weighted by atomic mass is 79.9. The summed E-state index contributed by atoms with van der Waals surface area (Å²) in [6.45, 7) is 12.2. The van der Waals surface area contributed by atoms with Crippen LogP contribution in [0.25, 0.3) is 43.1 Å². The standard InChI is InChI=1S/C58H77BrN2O5/c1-6-11-14-15-16-17-18-19-20-21-22-23-24-25-26-27-34-66-48-36-46-50-44(56(63)61(58(46)65)38-40(10-5)29-13-8-3)32-30-41-51-47(59)35-45-49-43(33-31-42(53(49)51)52(48)54(41)50)55(62)60(57(45)64)37-39(9-4)28-12-7-2/h30-33,35-36,39-40H,6-29,34,37-38H2,1-5H3. The highest BCUT2D eigenvalue weighted by Gasteiger charge is 2.39. The molecular formula is C58H77BrN2O5. The minimum atomic E-state index is -0.269. The fourth-order valence-electron chi connectivity index (χ4n) is 11.1. The third-order valence-electron chi connectivity index (χ3n) is 15.1. The second-order valence-corrected chi connectivity index (χ2v) is 20.7. The summed E-state index contributed by atoms with van der Waals surface area (Å²) in [6, 6.07) is 11.5. The Kier molecular flexibility index (Phi) is 18.0. The van der Waals surface area contributed by atoms with Gasteiger partial charge in [-0.05, 0) is 66.1 Å². The molecule has 5 aromatic rings. The lowest BCUT2D eigenvalue weighted by Crippen LogP contribution is -2.43. The summed E-state index contributed by atoms with van der Waals surface area (Å²) in [5.74, 6) is 0.0403. The molecule has 7 rings (SSSR count). The zero-order valence-corrected chi connectivity index (χ0v) is 42.6. The number of ether oxygens (including phenoxy) is 1. The molecule has 8 heteroatoms. The lowest BCUT2D eigenvalue weighted by Gasteiger charge is -2.33. The van der Waals surface area contributed by atoms with Gasteiger partial charge in [-0.2, -0.15) is 0 Å². The Bertz CT molecular complexity index is 2490. The minimum Gasteiger partial charge on any atom is -0.493 e. The average molecular weight is 962 g/mol. The van der Waals surface area contributed by atoms with Gasteiger partial charge in [0, 0.05) is 66.6 Å². The fourth-order valence-corrected chi connectivity index (χ4v) is 11.8. The van der Waals surface area contributed by atoms with Crippen LogP contribution in [0.5, 0.6) is 5.75 Å². The average Bonchev–Trinajstić information content (AvgIpc) is 3.32. The number of halogens is 1. The molecule has 66 heavy (non-hydrogen) atoms. The molecule has 2 aliphatic heterocycles. The van der Waals surface area contributed by atoms with Crippen molar-refractivity contribution in [3.63, 3.8) is 0 Å². The quantitative estimate of drug-likeness (QED) is 0.0198. The maximum Gasteiger partial charge on any atom is 0.261 e. The van der Waals surface area contributed by atoms with Gasteiger partial charge in [0.15, 0.2) is 0 Å². The Labute approximate surface area is 403 Å². The summed E-state index contributed by atoms with van der Waals surface area (Å²) in [6.07, 6.45) is 28.7. The van der Waals surface area contributed by atoms with Crippen molar-refractivity contribution in [3.8, 4) is 5.75 Å². The van der Waals surface area contributed by atoms with E-state index in [1.54, 1.807) is 0 Å². The lowest BCUT2D eigenvalue weighted by molar-refractivity contribution is 0.0565. The molecule has 2 atom stereocenters. The van der Waals surface area contributed by atoms with E-state index in [0.29, 0.717) is 58.5 Å². The maximum atomic E-state index is 14.7. The molecule has 4 amide bonds. The number of amides is 4. The zero-order valence-electron chi connectivity index (χ0n) is 41.0. The SMILES string of the molecule is CCCCCCCCCCCCCCCCCCOc1cc2c3c(ccc4c5c(Br)cc6c7c(ccc(c1c34)c75)C(=O)N(CC(CC)CCCC)C6=O)C(=O)N(CC(CC)CCCC)C2=O. The predicted molar refractivity (Wildman–Crippen MR) is 278 cm³/mol. The van der Waals surface area contributed by atoms with E-state index in [1.807, 2.05) is 36.4 Å².